The third-order valence-corrected chi connectivity index (χ3v) is 4.35. The van der Waals surface area contributed by atoms with Gasteiger partial charge >= 0.3 is 0 Å². The molecular formula is C16H21ClN4. The van der Waals surface area contributed by atoms with Crippen LogP contribution in [0.1, 0.15) is 42.7 Å². The van der Waals surface area contributed by atoms with E-state index >= 15 is 0 Å². The van der Waals surface area contributed by atoms with E-state index in [0.29, 0.717) is 11.6 Å². The van der Waals surface area contributed by atoms with E-state index in [2.05, 4.69) is 28.7 Å². The summed E-state index contributed by atoms with van der Waals surface area (Å²) in [6.45, 7) is 5.69. The molecule has 0 radical (unpaired) electrons. The number of anilines is 1. The Bertz CT molecular complexity index is 648. The summed E-state index contributed by atoms with van der Waals surface area (Å²) in [6, 6.07) is 3.84. The summed E-state index contributed by atoms with van der Waals surface area (Å²) in [7, 11) is 0. The summed E-state index contributed by atoms with van der Waals surface area (Å²) in [5, 5.41) is 3.95. The van der Waals surface area contributed by atoms with Crippen LogP contribution in [-0.4, -0.2) is 21.1 Å². The largest absolute Gasteiger partial charge is 0.370 e. The summed E-state index contributed by atoms with van der Waals surface area (Å²) in [4.78, 5) is 9.35. The Morgan fingerprint density at radius 2 is 2.05 bits per heavy atom. The van der Waals surface area contributed by atoms with Crippen LogP contribution in [0.15, 0.2) is 12.1 Å². The van der Waals surface area contributed by atoms with E-state index in [4.69, 9.17) is 16.6 Å². The lowest BCUT2D eigenvalue weighted by atomic mass is 10.0. The van der Waals surface area contributed by atoms with Crippen molar-refractivity contribution in [3.8, 4) is 0 Å². The lowest BCUT2D eigenvalue weighted by Gasteiger charge is -2.15. The Morgan fingerprint density at radius 1 is 1.24 bits per heavy atom. The fraction of sp³-hybridized carbons (Fsp3) is 0.500. The number of nitrogens with one attached hydrogen (secondary N) is 1. The number of nitrogens with zero attached hydrogens (tertiary/aromatic N) is 3. The number of fused-ring (bicyclic) bond motifs is 1. The maximum atomic E-state index is 6.32. The predicted molar refractivity (Wildman–Crippen MR) is 86.1 cm³/mol. The van der Waals surface area contributed by atoms with Gasteiger partial charge in [0.05, 0.1) is 23.0 Å². The molecule has 0 saturated carbocycles. The van der Waals surface area contributed by atoms with Crippen LogP contribution in [0, 0.1) is 6.92 Å². The first-order valence-electron chi connectivity index (χ1n) is 7.63. The van der Waals surface area contributed by atoms with Gasteiger partial charge in [-0.1, -0.05) is 11.6 Å². The van der Waals surface area contributed by atoms with Crippen LogP contribution in [0.5, 0.6) is 0 Å². The van der Waals surface area contributed by atoms with Crippen LogP contribution in [0.2, 0.25) is 5.02 Å². The van der Waals surface area contributed by atoms with E-state index in [1.54, 1.807) is 0 Å². The second kappa shape index (κ2) is 6.06. The quantitative estimate of drug-likeness (QED) is 0.938. The minimum atomic E-state index is 0.701. The van der Waals surface area contributed by atoms with Gasteiger partial charge in [0, 0.05) is 12.2 Å². The number of aromatic nitrogens is 3. The summed E-state index contributed by atoms with van der Waals surface area (Å²) >= 11 is 6.32. The van der Waals surface area contributed by atoms with E-state index < -0.39 is 0 Å². The van der Waals surface area contributed by atoms with Crippen molar-refractivity contribution < 1.29 is 0 Å². The minimum absolute atomic E-state index is 0.701. The van der Waals surface area contributed by atoms with Gasteiger partial charge in [0.25, 0.3) is 0 Å². The van der Waals surface area contributed by atoms with Gasteiger partial charge in [-0.15, -0.1) is 0 Å². The number of rotatable bonds is 4. The standard InChI is InChI=1S/C16H21ClN4/c1-3-18-16-9-8-12(17)14(20-16)10-21-11(2)19-13-6-4-5-7-15(13)21/h8-9H,3-7,10H2,1-2H3,(H,18,20). The number of hydrogen-bond acceptors (Lipinski definition) is 3. The maximum absolute atomic E-state index is 6.32. The summed E-state index contributed by atoms with van der Waals surface area (Å²) in [6.07, 6.45) is 4.71. The van der Waals surface area contributed by atoms with Crippen molar-refractivity contribution in [1.82, 2.24) is 14.5 Å². The van der Waals surface area contributed by atoms with E-state index in [1.165, 1.54) is 24.2 Å². The molecule has 2 heterocycles. The molecule has 1 N–H and O–H groups in total. The molecule has 1 aliphatic rings. The molecule has 0 aliphatic heterocycles. The number of aryl methyl sites for hydroxylation is 2. The van der Waals surface area contributed by atoms with Crippen molar-refractivity contribution in [3.05, 3.63) is 40.1 Å². The van der Waals surface area contributed by atoms with Crippen molar-refractivity contribution in [2.45, 2.75) is 46.1 Å². The summed E-state index contributed by atoms with van der Waals surface area (Å²) in [5.74, 6) is 1.94. The van der Waals surface area contributed by atoms with Gasteiger partial charge in [-0.25, -0.2) is 9.97 Å². The van der Waals surface area contributed by atoms with Crippen molar-refractivity contribution in [3.63, 3.8) is 0 Å². The zero-order chi connectivity index (χ0) is 14.8. The van der Waals surface area contributed by atoms with Gasteiger partial charge in [0.2, 0.25) is 0 Å². The van der Waals surface area contributed by atoms with Gasteiger partial charge in [-0.05, 0) is 51.7 Å². The van der Waals surface area contributed by atoms with Crippen LogP contribution >= 0.6 is 11.6 Å². The molecule has 0 saturated heterocycles. The lowest BCUT2D eigenvalue weighted by molar-refractivity contribution is 0.620. The van der Waals surface area contributed by atoms with Gasteiger partial charge in [-0.3, -0.25) is 0 Å². The average molecular weight is 305 g/mol. The molecule has 2 aromatic heterocycles. The highest BCUT2D eigenvalue weighted by Crippen LogP contribution is 2.25. The van der Waals surface area contributed by atoms with Gasteiger partial charge in [0.15, 0.2) is 0 Å². The van der Waals surface area contributed by atoms with Crippen LogP contribution < -0.4 is 5.32 Å². The highest BCUT2D eigenvalue weighted by atomic mass is 35.5. The van der Waals surface area contributed by atoms with Gasteiger partial charge in [0.1, 0.15) is 11.6 Å². The Hall–Kier alpha value is -1.55. The van der Waals surface area contributed by atoms with Crippen LogP contribution in [0.3, 0.4) is 0 Å². The Labute approximate surface area is 130 Å². The van der Waals surface area contributed by atoms with E-state index in [0.717, 1.165) is 36.7 Å². The van der Waals surface area contributed by atoms with Gasteiger partial charge < -0.3 is 9.88 Å². The third kappa shape index (κ3) is 2.91. The second-order valence-electron chi connectivity index (χ2n) is 5.50. The number of halogens is 1. The summed E-state index contributed by atoms with van der Waals surface area (Å²) < 4.78 is 2.28. The highest BCUT2D eigenvalue weighted by molar-refractivity contribution is 6.31. The third-order valence-electron chi connectivity index (χ3n) is 4.01. The van der Waals surface area contributed by atoms with Crippen molar-refractivity contribution in [1.29, 1.82) is 0 Å². The number of imidazole rings is 1. The molecule has 112 valence electrons. The fourth-order valence-electron chi connectivity index (χ4n) is 2.97. The molecule has 5 heteroatoms. The molecule has 0 atom stereocenters. The Morgan fingerprint density at radius 3 is 2.86 bits per heavy atom. The average Bonchev–Trinajstić information content (AvgIpc) is 2.79. The normalized spacial score (nSPS) is 14.0. The van der Waals surface area contributed by atoms with Crippen molar-refractivity contribution in [2.75, 3.05) is 11.9 Å². The first-order valence-corrected chi connectivity index (χ1v) is 8.01. The van der Waals surface area contributed by atoms with Crippen molar-refractivity contribution in [2.24, 2.45) is 0 Å². The molecule has 0 unspecified atom stereocenters. The lowest BCUT2D eigenvalue weighted by Crippen LogP contribution is -2.12. The molecule has 0 bridgehead atoms. The van der Waals surface area contributed by atoms with E-state index in [1.807, 2.05) is 12.1 Å². The van der Waals surface area contributed by atoms with Gasteiger partial charge in [-0.2, -0.15) is 0 Å². The van der Waals surface area contributed by atoms with Crippen molar-refractivity contribution >= 4 is 17.4 Å². The zero-order valence-electron chi connectivity index (χ0n) is 12.6. The number of hydrogen-bond donors (Lipinski definition) is 1. The first kappa shape index (κ1) is 14.4. The number of pyridine rings is 1. The Balaban J connectivity index is 1.93. The molecule has 0 aromatic carbocycles. The van der Waals surface area contributed by atoms with E-state index in [-0.39, 0.29) is 0 Å². The molecule has 4 nitrogen and oxygen atoms in total. The van der Waals surface area contributed by atoms with Crippen LogP contribution in [0.4, 0.5) is 5.82 Å². The predicted octanol–water partition coefficient (Wildman–Crippen LogP) is 3.60. The Kier molecular flexibility index (Phi) is 4.15. The molecule has 0 amide bonds. The van der Waals surface area contributed by atoms with Crippen LogP contribution in [-0.2, 0) is 19.4 Å². The summed E-state index contributed by atoms with van der Waals surface area (Å²) in [5.41, 5.74) is 3.53. The van der Waals surface area contributed by atoms with Crippen LogP contribution in [0.25, 0.3) is 0 Å². The highest BCUT2D eigenvalue weighted by Gasteiger charge is 2.19. The molecule has 3 rings (SSSR count). The SMILES string of the molecule is CCNc1ccc(Cl)c(Cn2c(C)nc3c2CCCC3)n1. The second-order valence-corrected chi connectivity index (χ2v) is 5.91. The fourth-order valence-corrected chi connectivity index (χ4v) is 3.14. The smallest absolute Gasteiger partial charge is 0.126 e. The molecule has 2 aromatic rings. The molecule has 1 aliphatic carbocycles. The first-order chi connectivity index (χ1) is 10.2. The molecule has 21 heavy (non-hydrogen) atoms. The maximum Gasteiger partial charge on any atom is 0.126 e. The molecular weight excluding hydrogens is 284 g/mol. The molecule has 0 spiro atoms. The van der Waals surface area contributed by atoms with E-state index in [9.17, 15) is 0 Å². The molecule has 0 fully saturated rings. The monoisotopic (exact) mass is 304 g/mol. The zero-order valence-corrected chi connectivity index (χ0v) is 13.4. The topological polar surface area (TPSA) is 42.7 Å². The minimum Gasteiger partial charge on any atom is -0.370 e.